The van der Waals surface area contributed by atoms with E-state index in [0.29, 0.717) is 6.04 Å². The number of hydrogen-bond donors (Lipinski definition) is 0. The molecule has 1 aromatic rings. The van der Waals surface area contributed by atoms with Crippen molar-refractivity contribution in [3.05, 3.63) is 35.4 Å². The SMILES string of the molecule is CCN(C(=O)c1ccc(C(C)(C)C)cc1)C1CC1. The number of carbonyl (C=O) groups is 1. The minimum absolute atomic E-state index is 0.141. The van der Waals surface area contributed by atoms with E-state index in [9.17, 15) is 4.79 Å². The Labute approximate surface area is 110 Å². The van der Waals surface area contributed by atoms with E-state index in [1.807, 2.05) is 17.0 Å². The van der Waals surface area contributed by atoms with Gasteiger partial charge in [-0.25, -0.2) is 0 Å². The molecule has 1 saturated carbocycles. The van der Waals surface area contributed by atoms with Crippen LogP contribution in [0.2, 0.25) is 0 Å². The van der Waals surface area contributed by atoms with Gasteiger partial charge in [0.25, 0.3) is 5.91 Å². The average molecular weight is 245 g/mol. The van der Waals surface area contributed by atoms with Gasteiger partial charge in [0, 0.05) is 18.2 Å². The fraction of sp³-hybridized carbons (Fsp3) is 0.562. The van der Waals surface area contributed by atoms with Crippen molar-refractivity contribution < 1.29 is 4.79 Å². The highest BCUT2D eigenvalue weighted by molar-refractivity contribution is 5.94. The van der Waals surface area contributed by atoms with Gasteiger partial charge < -0.3 is 4.90 Å². The van der Waals surface area contributed by atoms with Gasteiger partial charge in [0.1, 0.15) is 0 Å². The van der Waals surface area contributed by atoms with E-state index in [1.54, 1.807) is 0 Å². The van der Waals surface area contributed by atoms with Crippen LogP contribution in [0.25, 0.3) is 0 Å². The first-order valence-electron chi connectivity index (χ1n) is 6.85. The highest BCUT2D eigenvalue weighted by Crippen LogP contribution is 2.28. The zero-order valence-corrected chi connectivity index (χ0v) is 11.9. The number of nitrogens with zero attached hydrogens (tertiary/aromatic N) is 1. The van der Waals surface area contributed by atoms with Crippen molar-refractivity contribution in [1.82, 2.24) is 4.90 Å². The Bertz CT molecular complexity index is 423. The van der Waals surface area contributed by atoms with Crippen LogP contribution in [-0.2, 0) is 5.41 Å². The number of carbonyl (C=O) groups excluding carboxylic acids is 1. The molecule has 18 heavy (non-hydrogen) atoms. The maximum Gasteiger partial charge on any atom is 0.254 e. The molecule has 0 aliphatic heterocycles. The van der Waals surface area contributed by atoms with Crippen LogP contribution in [-0.4, -0.2) is 23.4 Å². The summed E-state index contributed by atoms with van der Waals surface area (Å²) >= 11 is 0. The lowest BCUT2D eigenvalue weighted by atomic mass is 9.86. The molecular weight excluding hydrogens is 222 g/mol. The highest BCUT2D eigenvalue weighted by atomic mass is 16.2. The first-order chi connectivity index (χ1) is 8.43. The fourth-order valence-electron chi connectivity index (χ4n) is 2.23. The van der Waals surface area contributed by atoms with Gasteiger partial charge in [-0.2, -0.15) is 0 Å². The number of amides is 1. The maximum absolute atomic E-state index is 12.3. The minimum Gasteiger partial charge on any atom is -0.336 e. The first-order valence-corrected chi connectivity index (χ1v) is 6.85. The van der Waals surface area contributed by atoms with Gasteiger partial charge in [0.2, 0.25) is 0 Å². The first kappa shape index (κ1) is 13.1. The van der Waals surface area contributed by atoms with Crippen LogP contribution in [0.3, 0.4) is 0 Å². The average Bonchev–Trinajstić information content (AvgIpc) is 3.13. The van der Waals surface area contributed by atoms with E-state index < -0.39 is 0 Å². The molecule has 0 radical (unpaired) electrons. The van der Waals surface area contributed by atoms with E-state index in [-0.39, 0.29) is 11.3 Å². The molecule has 98 valence electrons. The van der Waals surface area contributed by atoms with Crippen molar-refractivity contribution in [1.29, 1.82) is 0 Å². The molecule has 2 rings (SSSR count). The third-order valence-electron chi connectivity index (χ3n) is 3.59. The Balaban J connectivity index is 2.16. The largest absolute Gasteiger partial charge is 0.336 e. The van der Waals surface area contributed by atoms with E-state index in [2.05, 4.69) is 39.8 Å². The van der Waals surface area contributed by atoms with Crippen LogP contribution in [0.15, 0.2) is 24.3 Å². The summed E-state index contributed by atoms with van der Waals surface area (Å²) in [5.41, 5.74) is 2.23. The van der Waals surface area contributed by atoms with Gasteiger partial charge in [-0.3, -0.25) is 4.79 Å². The molecule has 1 amide bonds. The third kappa shape index (κ3) is 2.74. The number of rotatable bonds is 3. The third-order valence-corrected chi connectivity index (χ3v) is 3.59. The molecule has 2 heteroatoms. The molecule has 1 fully saturated rings. The Morgan fingerprint density at radius 1 is 1.22 bits per heavy atom. The van der Waals surface area contributed by atoms with Gasteiger partial charge in [-0.15, -0.1) is 0 Å². The normalized spacial score (nSPS) is 15.6. The second-order valence-electron chi connectivity index (χ2n) is 6.15. The summed E-state index contributed by atoms with van der Waals surface area (Å²) in [5, 5.41) is 0. The lowest BCUT2D eigenvalue weighted by Crippen LogP contribution is -2.32. The van der Waals surface area contributed by atoms with E-state index in [1.165, 1.54) is 18.4 Å². The van der Waals surface area contributed by atoms with Gasteiger partial charge in [0.05, 0.1) is 0 Å². The number of benzene rings is 1. The van der Waals surface area contributed by atoms with Crippen LogP contribution < -0.4 is 0 Å². The summed E-state index contributed by atoms with van der Waals surface area (Å²) in [6, 6.07) is 8.58. The van der Waals surface area contributed by atoms with Crippen LogP contribution >= 0.6 is 0 Å². The van der Waals surface area contributed by atoms with Crippen LogP contribution in [0, 0.1) is 0 Å². The highest BCUT2D eigenvalue weighted by Gasteiger charge is 2.31. The second kappa shape index (κ2) is 4.75. The number of hydrogen-bond acceptors (Lipinski definition) is 1. The summed E-state index contributed by atoms with van der Waals surface area (Å²) < 4.78 is 0. The van der Waals surface area contributed by atoms with Crippen molar-refractivity contribution in [3.8, 4) is 0 Å². The van der Waals surface area contributed by atoms with Gasteiger partial charge >= 0.3 is 0 Å². The Morgan fingerprint density at radius 2 is 1.78 bits per heavy atom. The van der Waals surface area contributed by atoms with Gasteiger partial charge in [-0.1, -0.05) is 32.9 Å². The van der Waals surface area contributed by atoms with E-state index in [4.69, 9.17) is 0 Å². The molecule has 1 aliphatic rings. The van der Waals surface area contributed by atoms with Crippen molar-refractivity contribution in [2.45, 2.75) is 52.0 Å². The minimum atomic E-state index is 0.141. The zero-order valence-electron chi connectivity index (χ0n) is 11.9. The molecule has 0 aromatic heterocycles. The summed E-state index contributed by atoms with van der Waals surface area (Å²) in [6.07, 6.45) is 2.33. The van der Waals surface area contributed by atoms with Crippen LogP contribution in [0.1, 0.15) is 56.5 Å². The maximum atomic E-state index is 12.3. The lowest BCUT2D eigenvalue weighted by molar-refractivity contribution is 0.0752. The van der Waals surface area contributed by atoms with Crippen molar-refractivity contribution in [3.63, 3.8) is 0 Å². The van der Waals surface area contributed by atoms with E-state index in [0.717, 1.165) is 12.1 Å². The predicted octanol–water partition coefficient (Wildman–Crippen LogP) is 3.61. The molecule has 0 bridgehead atoms. The molecule has 1 aromatic carbocycles. The summed E-state index contributed by atoms with van der Waals surface area (Å²) in [5.74, 6) is 0.181. The quantitative estimate of drug-likeness (QED) is 0.796. The zero-order chi connectivity index (χ0) is 13.3. The molecule has 2 nitrogen and oxygen atoms in total. The Morgan fingerprint density at radius 3 is 2.17 bits per heavy atom. The molecule has 0 atom stereocenters. The van der Waals surface area contributed by atoms with Gasteiger partial charge in [-0.05, 0) is 42.9 Å². The molecule has 1 aliphatic carbocycles. The summed E-state index contributed by atoms with van der Waals surface area (Å²) in [4.78, 5) is 14.3. The Kier molecular flexibility index (Phi) is 3.47. The van der Waals surface area contributed by atoms with Crippen molar-refractivity contribution in [2.75, 3.05) is 6.54 Å². The molecule has 0 spiro atoms. The molecule has 0 N–H and O–H groups in total. The molecule has 0 unspecified atom stereocenters. The smallest absolute Gasteiger partial charge is 0.254 e. The van der Waals surface area contributed by atoms with Crippen molar-refractivity contribution in [2.24, 2.45) is 0 Å². The predicted molar refractivity (Wildman–Crippen MR) is 74.9 cm³/mol. The standard InChI is InChI=1S/C16H23NO/c1-5-17(14-10-11-14)15(18)12-6-8-13(9-7-12)16(2,3)4/h6-9,14H,5,10-11H2,1-4H3. The van der Waals surface area contributed by atoms with E-state index >= 15 is 0 Å². The topological polar surface area (TPSA) is 20.3 Å². The molecule has 0 heterocycles. The lowest BCUT2D eigenvalue weighted by Gasteiger charge is -2.22. The second-order valence-corrected chi connectivity index (χ2v) is 6.15. The Hall–Kier alpha value is -1.31. The van der Waals surface area contributed by atoms with Crippen LogP contribution in [0.4, 0.5) is 0 Å². The summed E-state index contributed by atoms with van der Waals surface area (Å²) in [7, 11) is 0. The van der Waals surface area contributed by atoms with Crippen molar-refractivity contribution >= 4 is 5.91 Å². The fourth-order valence-corrected chi connectivity index (χ4v) is 2.23. The van der Waals surface area contributed by atoms with Gasteiger partial charge in [0.15, 0.2) is 0 Å². The molecular formula is C16H23NO. The van der Waals surface area contributed by atoms with Crippen LogP contribution in [0.5, 0.6) is 0 Å². The monoisotopic (exact) mass is 245 g/mol. The summed E-state index contributed by atoms with van der Waals surface area (Å²) in [6.45, 7) is 9.43. The molecule has 0 saturated heterocycles.